The highest BCUT2D eigenvalue weighted by Gasteiger charge is 2.41. The molecule has 3 aromatic rings. The summed E-state index contributed by atoms with van der Waals surface area (Å²) < 4.78 is 10.9. The number of carbonyl (C=O) groups is 2. The van der Waals surface area contributed by atoms with Gasteiger partial charge in [0.1, 0.15) is 17.2 Å². The number of amides is 2. The molecule has 1 aliphatic rings. The maximum atomic E-state index is 13.6. The SMILES string of the molecule is COc1ccc(Cl)cc1NC1=C(c2ccccc2OC)C(=O)N(c2cccc(C)c2)C1=O. The maximum absolute atomic E-state index is 13.6. The Kier molecular flexibility index (Phi) is 5.88. The fraction of sp³-hybridized carbons (Fsp3) is 0.120. The molecule has 1 heterocycles. The van der Waals surface area contributed by atoms with E-state index in [9.17, 15) is 9.59 Å². The first-order valence-corrected chi connectivity index (χ1v) is 10.3. The van der Waals surface area contributed by atoms with Crippen molar-refractivity contribution in [3.05, 3.63) is 88.6 Å². The van der Waals surface area contributed by atoms with Crippen LogP contribution in [-0.2, 0) is 9.59 Å². The van der Waals surface area contributed by atoms with Crippen molar-refractivity contribution in [3.63, 3.8) is 0 Å². The summed E-state index contributed by atoms with van der Waals surface area (Å²) in [5.74, 6) is 0.0276. The van der Waals surface area contributed by atoms with Gasteiger partial charge in [-0.1, -0.05) is 41.9 Å². The first kappa shape index (κ1) is 21.5. The molecule has 0 aliphatic carbocycles. The Bertz CT molecular complexity index is 1250. The number of rotatable bonds is 6. The Morgan fingerprint density at radius 2 is 1.59 bits per heavy atom. The molecule has 7 heteroatoms. The highest BCUT2D eigenvalue weighted by molar-refractivity contribution is 6.46. The number of anilines is 2. The van der Waals surface area contributed by atoms with Crippen LogP contribution >= 0.6 is 11.6 Å². The van der Waals surface area contributed by atoms with Gasteiger partial charge in [0.05, 0.1) is 31.2 Å². The number of ether oxygens (including phenoxy) is 2. The topological polar surface area (TPSA) is 67.9 Å². The van der Waals surface area contributed by atoms with E-state index in [0.717, 1.165) is 10.5 Å². The predicted molar refractivity (Wildman–Crippen MR) is 125 cm³/mol. The molecule has 3 aromatic carbocycles. The zero-order valence-corrected chi connectivity index (χ0v) is 18.6. The summed E-state index contributed by atoms with van der Waals surface area (Å²) in [7, 11) is 3.04. The third-order valence-corrected chi connectivity index (χ3v) is 5.38. The summed E-state index contributed by atoms with van der Waals surface area (Å²) in [6.45, 7) is 1.90. The molecule has 1 N–H and O–H groups in total. The quantitative estimate of drug-likeness (QED) is 0.534. The second-order valence-electron chi connectivity index (χ2n) is 7.20. The van der Waals surface area contributed by atoms with Gasteiger partial charge in [0.15, 0.2) is 0 Å². The second-order valence-corrected chi connectivity index (χ2v) is 7.64. The molecule has 0 spiro atoms. The van der Waals surface area contributed by atoms with E-state index < -0.39 is 11.8 Å². The number of carbonyl (C=O) groups excluding carboxylic acids is 2. The molecular formula is C25H21ClN2O4. The van der Waals surface area contributed by atoms with Crippen molar-refractivity contribution in [2.24, 2.45) is 0 Å². The van der Waals surface area contributed by atoms with Crippen LogP contribution in [0.25, 0.3) is 5.57 Å². The summed E-state index contributed by atoms with van der Waals surface area (Å²) >= 11 is 6.17. The van der Waals surface area contributed by atoms with E-state index in [1.807, 2.05) is 13.0 Å². The molecule has 0 saturated carbocycles. The minimum atomic E-state index is -0.483. The molecule has 2 amide bonds. The molecule has 32 heavy (non-hydrogen) atoms. The number of imide groups is 1. The van der Waals surface area contributed by atoms with Gasteiger partial charge in [-0.15, -0.1) is 0 Å². The number of hydrogen-bond acceptors (Lipinski definition) is 5. The Morgan fingerprint density at radius 1 is 0.844 bits per heavy atom. The zero-order valence-electron chi connectivity index (χ0n) is 17.8. The van der Waals surface area contributed by atoms with Crippen molar-refractivity contribution in [2.45, 2.75) is 6.92 Å². The van der Waals surface area contributed by atoms with E-state index in [4.69, 9.17) is 21.1 Å². The number of halogens is 1. The summed E-state index contributed by atoms with van der Waals surface area (Å²) in [6, 6.07) is 19.3. The molecule has 0 radical (unpaired) electrons. The molecule has 1 aliphatic heterocycles. The Hall–Kier alpha value is -3.77. The van der Waals surface area contributed by atoms with Gasteiger partial charge < -0.3 is 14.8 Å². The van der Waals surface area contributed by atoms with Gasteiger partial charge in [0.25, 0.3) is 11.8 Å². The lowest BCUT2D eigenvalue weighted by molar-refractivity contribution is -0.120. The molecule has 162 valence electrons. The van der Waals surface area contributed by atoms with Crippen LogP contribution in [0.1, 0.15) is 11.1 Å². The Morgan fingerprint density at radius 3 is 2.31 bits per heavy atom. The van der Waals surface area contributed by atoms with E-state index in [0.29, 0.717) is 33.5 Å². The number of benzene rings is 3. The standard InChI is InChI=1S/C25H21ClN2O4/c1-15-7-6-8-17(13-15)28-24(29)22(18-9-4-5-10-20(18)31-2)23(25(28)30)27-19-14-16(26)11-12-21(19)32-3/h4-14,27H,1-3H3. The third-order valence-electron chi connectivity index (χ3n) is 5.14. The van der Waals surface area contributed by atoms with Crippen molar-refractivity contribution in [3.8, 4) is 11.5 Å². The van der Waals surface area contributed by atoms with E-state index >= 15 is 0 Å². The molecule has 0 fully saturated rings. The van der Waals surface area contributed by atoms with Gasteiger partial charge in [-0.3, -0.25) is 9.59 Å². The predicted octanol–water partition coefficient (Wildman–Crippen LogP) is 5.06. The average Bonchev–Trinajstić information content (AvgIpc) is 3.03. The lowest BCUT2D eigenvalue weighted by atomic mass is 10.0. The molecule has 6 nitrogen and oxygen atoms in total. The minimum Gasteiger partial charge on any atom is -0.496 e. The van der Waals surface area contributed by atoms with Gasteiger partial charge in [0, 0.05) is 10.6 Å². The monoisotopic (exact) mass is 448 g/mol. The Balaban J connectivity index is 1.90. The average molecular weight is 449 g/mol. The lowest BCUT2D eigenvalue weighted by Crippen LogP contribution is -2.32. The van der Waals surface area contributed by atoms with Crippen LogP contribution in [0.5, 0.6) is 11.5 Å². The highest BCUT2D eigenvalue weighted by Crippen LogP contribution is 2.39. The number of nitrogens with zero attached hydrogens (tertiary/aromatic N) is 1. The fourth-order valence-corrected chi connectivity index (χ4v) is 3.83. The van der Waals surface area contributed by atoms with Crippen LogP contribution in [0, 0.1) is 6.92 Å². The number of aryl methyl sites for hydroxylation is 1. The van der Waals surface area contributed by atoms with Gasteiger partial charge in [0.2, 0.25) is 0 Å². The zero-order chi connectivity index (χ0) is 22.8. The minimum absolute atomic E-state index is 0.113. The van der Waals surface area contributed by atoms with E-state index in [-0.39, 0.29) is 11.3 Å². The molecule has 4 rings (SSSR count). The number of nitrogens with one attached hydrogen (secondary N) is 1. The molecule has 0 unspecified atom stereocenters. The first-order chi connectivity index (χ1) is 15.4. The van der Waals surface area contributed by atoms with Crippen LogP contribution in [0.15, 0.2) is 72.4 Å². The van der Waals surface area contributed by atoms with Gasteiger partial charge in [-0.25, -0.2) is 4.90 Å². The smallest absolute Gasteiger partial charge is 0.282 e. The maximum Gasteiger partial charge on any atom is 0.282 e. The third kappa shape index (κ3) is 3.81. The summed E-state index contributed by atoms with van der Waals surface area (Å²) in [6.07, 6.45) is 0. The van der Waals surface area contributed by atoms with Crippen molar-refractivity contribution in [2.75, 3.05) is 24.4 Å². The van der Waals surface area contributed by atoms with E-state index in [1.54, 1.807) is 60.7 Å². The van der Waals surface area contributed by atoms with Crippen LogP contribution in [0.4, 0.5) is 11.4 Å². The summed E-state index contributed by atoms with van der Waals surface area (Å²) in [5.41, 5.74) is 2.71. The van der Waals surface area contributed by atoms with Crippen molar-refractivity contribution in [1.82, 2.24) is 0 Å². The van der Waals surface area contributed by atoms with Crippen molar-refractivity contribution in [1.29, 1.82) is 0 Å². The molecular weight excluding hydrogens is 428 g/mol. The van der Waals surface area contributed by atoms with Gasteiger partial charge >= 0.3 is 0 Å². The molecule has 0 aromatic heterocycles. The van der Waals surface area contributed by atoms with Crippen LogP contribution in [-0.4, -0.2) is 26.0 Å². The van der Waals surface area contributed by atoms with Crippen LogP contribution in [0.2, 0.25) is 5.02 Å². The lowest BCUT2D eigenvalue weighted by Gasteiger charge is -2.16. The number of hydrogen-bond donors (Lipinski definition) is 1. The largest absolute Gasteiger partial charge is 0.496 e. The Labute approximate surface area is 191 Å². The number of para-hydroxylation sites is 1. The summed E-state index contributed by atoms with van der Waals surface area (Å²) in [4.78, 5) is 28.3. The number of methoxy groups -OCH3 is 2. The van der Waals surface area contributed by atoms with Gasteiger partial charge in [-0.2, -0.15) is 0 Å². The molecule has 0 bridgehead atoms. The summed E-state index contributed by atoms with van der Waals surface area (Å²) in [5, 5.41) is 3.56. The highest BCUT2D eigenvalue weighted by atomic mass is 35.5. The molecule has 0 atom stereocenters. The molecule has 0 saturated heterocycles. The van der Waals surface area contributed by atoms with Crippen LogP contribution < -0.4 is 19.7 Å². The van der Waals surface area contributed by atoms with E-state index in [1.165, 1.54) is 14.2 Å². The fourth-order valence-electron chi connectivity index (χ4n) is 3.66. The van der Waals surface area contributed by atoms with Gasteiger partial charge in [-0.05, 0) is 48.9 Å². The first-order valence-electron chi connectivity index (χ1n) is 9.88. The van der Waals surface area contributed by atoms with Crippen molar-refractivity contribution < 1.29 is 19.1 Å². The van der Waals surface area contributed by atoms with Crippen LogP contribution in [0.3, 0.4) is 0 Å². The van der Waals surface area contributed by atoms with E-state index in [2.05, 4.69) is 5.32 Å². The van der Waals surface area contributed by atoms with Crippen molar-refractivity contribution >= 4 is 40.4 Å². The normalized spacial score (nSPS) is 13.6. The second kappa shape index (κ2) is 8.77.